The summed E-state index contributed by atoms with van der Waals surface area (Å²) >= 11 is 5.42. The lowest BCUT2D eigenvalue weighted by atomic mass is 10.2. The van der Waals surface area contributed by atoms with Crippen LogP contribution in [0.3, 0.4) is 0 Å². The average Bonchev–Trinajstić information content (AvgIpc) is 2.03. The van der Waals surface area contributed by atoms with Gasteiger partial charge in [-0.15, -0.1) is 0 Å². The van der Waals surface area contributed by atoms with Crippen molar-refractivity contribution in [2.24, 2.45) is 4.52 Å². The Balaban J connectivity index is 2.85. The fourth-order valence-corrected chi connectivity index (χ4v) is 2.32. The third-order valence-corrected chi connectivity index (χ3v) is 3.53. The van der Waals surface area contributed by atoms with Crippen LogP contribution in [-0.2, 0) is 0 Å². The first kappa shape index (κ1) is 11.8. The zero-order valence-electron chi connectivity index (χ0n) is 7.02. The molecule has 0 aromatic rings. The fourth-order valence-electron chi connectivity index (χ4n) is 0.863. The van der Waals surface area contributed by atoms with Gasteiger partial charge in [0.05, 0.1) is 0 Å². The lowest BCUT2D eigenvalue weighted by Gasteiger charge is -1.94. The van der Waals surface area contributed by atoms with E-state index in [9.17, 15) is 0 Å². The molecule has 0 N–H and O–H groups in total. The van der Waals surface area contributed by atoms with Gasteiger partial charge in [-0.3, -0.25) is 0 Å². The minimum Gasteiger partial charge on any atom is -0.232 e. The highest BCUT2D eigenvalue weighted by Gasteiger charge is 1.86. The molecule has 0 saturated heterocycles. The number of hydrogen-bond donors (Lipinski definition) is 0. The summed E-state index contributed by atoms with van der Waals surface area (Å²) in [6.07, 6.45) is 7.96. The van der Waals surface area contributed by atoms with E-state index in [0.29, 0.717) is 0 Å². The van der Waals surface area contributed by atoms with Crippen molar-refractivity contribution >= 4 is 27.7 Å². The van der Waals surface area contributed by atoms with E-state index in [4.69, 9.17) is 11.2 Å². The van der Waals surface area contributed by atoms with Crippen LogP contribution in [-0.4, -0.2) is 6.16 Å². The van der Waals surface area contributed by atoms with Gasteiger partial charge in [-0.2, -0.15) is 0 Å². The van der Waals surface area contributed by atoms with Crippen LogP contribution >= 0.6 is 27.7 Å². The van der Waals surface area contributed by atoms with Crippen molar-refractivity contribution in [3.05, 3.63) is 0 Å². The Hall–Kier alpha value is 0.820. The molecule has 0 radical (unpaired) electrons. The van der Waals surface area contributed by atoms with Gasteiger partial charge in [0.2, 0.25) is 0 Å². The second kappa shape index (κ2) is 10.8. The largest absolute Gasteiger partial charge is 0.232 e. The molecule has 0 aliphatic carbocycles. The summed E-state index contributed by atoms with van der Waals surface area (Å²) in [6, 6.07) is 0. The fraction of sp³-hybridized carbons (Fsp3) is 1.00. The molecule has 1 atom stereocenters. The average molecular weight is 212 g/mol. The molecule has 0 aliphatic heterocycles. The first-order chi connectivity index (χ1) is 5.41. The van der Waals surface area contributed by atoms with Gasteiger partial charge >= 0.3 is 0 Å². The maximum absolute atomic E-state index is 5.42. The molecule has 0 heterocycles. The molecule has 1 nitrogen and oxygen atoms in total. The Morgan fingerprint density at radius 1 is 1.27 bits per heavy atom. The minimum atomic E-state index is 0.255. The molecule has 0 aromatic heterocycles. The number of halogens is 1. The molecule has 0 aliphatic rings. The van der Waals surface area contributed by atoms with Gasteiger partial charge in [-0.25, -0.2) is 4.52 Å². The second-order valence-corrected chi connectivity index (χ2v) is 4.67. The smallest absolute Gasteiger partial charge is 0.101 e. The monoisotopic (exact) mass is 211 g/mol. The van der Waals surface area contributed by atoms with E-state index >= 15 is 0 Å². The van der Waals surface area contributed by atoms with Crippen LogP contribution in [0.25, 0.3) is 0 Å². The molecular formula is C7H16ClNP2. The van der Waals surface area contributed by atoms with Gasteiger partial charge in [-0.05, 0) is 6.42 Å². The van der Waals surface area contributed by atoms with Crippen molar-refractivity contribution in [2.75, 3.05) is 6.16 Å². The molecular weight excluding hydrogens is 195 g/mol. The Morgan fingerprint density at radius 3 is 2.64 bits per heavy atom. The predicted molar refractivity (Wildman–Crippen MR) is 57.1 cm³/mol. The first-order valence-corrected chi connectivity index (χ1v) is 7.13. The molecule has 4 heteroatoms. The highest BCUT2D eigenvalue weighted by Crippen LogP contribution is 2.23. The molecule has 66 valence electrons. The summed E-state index contributed by atoms with van der Waals surface area (Å²) < 4.78 is 4.06. The number of hydrogen-bond acceptors (Lipinski definition) is 1. The van der Waals surface area contributed by atoms with Gasteiger partial charge in [0, 0.05) is 14.5 Å². The van der Waals surface area contributed by atoms with Crippen molar-refractivity contribution in [3.8, 4) is 0 Å². The topological polar surface area (TPSA) is 12.4 Å². The van der Waals surface area contributed by atoms with E-state index in [1.807, 2.05) is 0 Å². The minimum absolute atomic E-state index is 0.255. The van der Waals surface area contributed by atoms with E-state index in [2.05, 4.69) is 11.4 Å². The highest BCUT2D eigenvalue weighted by atomic mass is 35.7. The second-order valence-electron chi connectivity index (χ2n) is 2.46. The Kier molecular flexibility index (Phi) is 11.6. The van der Waals surface area contributed by atoms with Crippen molar-refractivity contribution in [2.45, 2.75) is 39.0 Å². The third kappa shape index (κ3) is 10.8. The molecule has 0 bridgehead atoms. The lowest BCUT2D eigenvalue weighted by Crippen LogP contribution is -1.77. The van der Waals surface area contributed by atoms with Crippen LogP contribution in [0.5, 0.6) is 0 Å². The number of nitrogens with zero attached hydrogens (tertiary/aromatic N) is 1. The summed E-state index contributed by atoms with van der Waals surface area (Å²) in [5, 5.41) is 0. The Bertz CT molecular complexity index is 98.4. The van der Waals surface area contributed by atoms with Gasteiger partial charge in [0.1, 0.15) is 8.08 Å². The standard InChI is InChI=1S/C7H16ClNP2/c1-2-3-4-5-6-7-10-9-11-8/h11H,2-7H2,1H3. The van der Waals surface area contributed by atoms with Crippen LogP contribution < -0.4 is 0 Å². The van der Waals surface area contributed by atoms with Gasteiger partial charge < -0.3 is 0 Å². The molecule has 0 aromatic carbocycles. The van der Waals surface area contributed by atoms with Crippen LogP contribution in [0, 0.1) is 0 Å². The highest BCUT2D eigenvalue weighted by molar-refractivity contribution is 7.69. The zero-order chi connectivity index (χ0) is 8.36. The van der Waals surface area contributed by atoms with E-state index in [1.54, 1.807) is 0 Å². The van der Waals surface area contributed by atoms with Crippen LogP contribution in [0.1, 0.15) is 39.0 Å². The summed E-state index contributed by atoms with van der Waals surface area (Å²) in [6.45, 7) is 2.24. The number of rotatable bonds is 7. The summed E-state index contributed by atoms with van der Waals surface area (Å²) in [7, 11) is 1.44. The molecule has 0 amide bonds. The SMILES string of the molecule is CCCCCCCP=NPCl. The molecule has 11 heavy (non-hydrogen) atoms. The molecule has 0 saturated carbocycles. The van der Waals surface area contributed by atoms with E-state index in [1.165, 1.54) is 46.6 Å². The van der Waals surface area contributed by atoms with Gasteiger partial charge in [0.15, 0.2) is 0 Å². The van der Waals surface area contributed by atoms with E-state index < -0.39 is 0 Å². The summed E-state index contributed by atoms with van der Waals surface area (Å²) in [5.41, 5.74) is 0. The van der Waals surface area contributed by atoms with Crippen LogP contribution in [0.15, 0.2) is 4.52 Å². The third-order valence-electron chi connectivity index (χ3n) is 1.47. The molecule has 0 fully saturated rings. The Labute approximate surface area is 77.8 Å². The van der Waals surface area contributed by atoms with Crippen molar-refractivity contribution in [3.63, 3.8) is 0 Å². The molecule has 0 spiro atoms. The van der Waals surface area contributed by atoms with Crippen molar-refractivity contribution < 1.29 is 0 Å². The normalized spacial score (nSPS) is 12.2. The maximum atomic E-state index is 5.42. The Morgan fingerprint density at radius 2 is 2.00 bits per heavy atom. The predicted octanol–water partition coefficient (Wildman–Crippen LogP) is 4.83. The van der Waals surface area contributed by atoms with Crippen LogP contribution in [0.4, 0.5) is 0 Å². The number of unbranched alkanes of at least 4 members (excludes halogenated alkanes) is 4. The zero-order valence-corrected chi connectivity index (χ0v) is 9.67. The first-order valence-electron chi connectivity index (χ1n) is 4.14. The summed E-state index contributed by atoms with van der Waals surface area (Å²) in [4.78, 5) is 0. The van der Waals surface area contributed by atoms with Crippen molar-refractivity contribution in [1.29, 1.82) is 0 Å². The van der Waals surface area contributed by atoms with Crippen LogP contribution in [0.2, 0.25) is 0 Å². The molecule has 0 rings (SSSR count). The van der Waals surface area contributed by atoms with E-state index in [-0.39, 0.29) is 8.08 Å². The van der Waals surface area contributed by atoms with Gasteiger partial charge in [-0.1, -0.05) is 43.8 Å². The molecule has 1 unspecified atom stereocenters. The lowest BCUT2D eigenvalue weighted by molar-refractivity contribution is 0.659. The van der Waals surface area contributed by atoms with Crippen molar-refractivity contribution in [1.82, 2.24) is 0 Å². The maximum Gasteiger partial charge on any atom is 0.101 e. The summed E-state index contributed by atoms with van der Waals surface area (Å²) in [5.74, 6) is 0. The van der Waals surface area contributed by atoms with E-state index in [0.717, 1.165) is 0 Å². The van der Waals surface area contributed by atoms with Gasteiger partial charge in [0.25, 0.3) is 0 Å². The quantitative estimate of drug-likeness (QED) is 0.422.